The van der Waals surface area contributed by atoms with E-state index in [1.807, 2.05) is 4.57 Å². The van der Waals surface area contributed by atoms with Crippen LogP contribution in [0.5, 0.6) is 0 Å². The maximum atomic E-state index is 11.3. The van der Waals surface area contributed by atoms with Gasteiger partial charge < -0.3 is 15.0 Å². The second kappa shape index (κ2) is 6.29. The van der Waals surface area contributed by atoms with Gasteiger partial charge in [0.15, 0.2) is 5.82 Å². The first-order valence-electron chi connectivity index (χ1n) is 7.19. The maximum absolute atomic E-state index is 11.3. The maximum Gasteiger partial charge on any atom is 0.346 e. The molecule has 0 aliphatic heterocycles. The molecule has 2 N–H and O–H groups in total. The van der Waals surface area contributed by atoms with Crippen molar-refractivity contribution < 1.29 is 9.90 Å². The Labute approximate surface area is 136 Å². The molecule has 0 saturated carbocycles. The molecule has 0 fully saturated rings. The van der Waals surface area contributed by atoms with Crippen molar-refractivity contribution in [2.75, 3.05) is 5.32 Å². The minimum atomic E-state index is -0.945. The molecule has 0 atom stereocenters. The summed E-state index contributed by atoms with van der Waals surface area (Å²) in [5, 5.41) is 21.2. The van der Waals surface area contributed by atoms with Crippen LogP contribution in [0.3, 0.4) is 0 Å². The molecular formula is C14H16N6O2S. The van der Waals surface area contributed by atoms with Crippen LogP contribution < -0.4 is 5.32 Å². The molecule has 0 radical (unpaired) electrons. The lowest BCUT2D eigenvalue weighted by molar-refractivity contribution is 0.0701. The lowest BCUT2D eigenvalue weighted by atomic mass is 10.2. The Morgan fingerprint density at radius 3 is 3.00 bits per heavy atom. The van der Waals surface area contributed by atoms with Crippen LogP contribution in [0.15, 0.2) is 12.7 Å². The van der Waals surface area contributed by atoms with Crippen LogP contribution in [0.4, 0.5) is 5.82 Å². The molecule has 3 heterocycles. The van der Waals surface area contributed by atoms with E-state index in [0.717, 1.165) is 35.5 Å². The van der Waals surface area contributed by atoms with Gasteiger partial charge in [-0.05, 0) is 18.9 Å². The summed E-state index contributed by atoms with van der Waals surface area (Å²) >= 11 is 1.16. The zero-order chi connectivity index (χ0) is 16.4. The highest BCUT2D eigenvalue weighted by Gasteiger charge is 2.18. The highest BCUT2D eigenvalue weighted by atomic mass is 32.1. The Bertz CT molecular complexity index is 856. The zero-order valence-corrected chi connectivity index (χ0v) is 13.6. The summed E-state index contributed by atoms with van der Waals surface area (Å²) in [6, 6.07) is 0. The van der Waals surface area contributed by atoms with Gasteiger partial charge in [0.25, 0.3) is 0 Å². The third kappa shape index (κ3) is 2.87. The van der Waals surface area contributed by atoms with Crippen molar-refractivity contribution in [3.05, 3.63) is 28.9 Å². The van der Waals surface area contributed by atoms with E-state index in [1.165, 1.54) is 6.33 Å². The standard InChI is InChI=1S/C14H16N6O2S/c1-3-4-20-7-18-19-9(20)5-15-12-10-8(2)11(14(21)22)23-13(10)17-6-16-12/h6-7H,3-5H2,1-2H3,(H,21,22)(H,15,16,17). The number of aryl methyl sites for hydroxylation is 2. The number of nitrogens with one attached hydrogen (secondary N) is 1. The molecule has 3 aromatic rings. The number of rotatable bonds is 6. The SMILES string of the molecule is CCCn1cnnc1CNc1ncnc2sc(C(=O)O)c(C)c12. The van der Waals surface area contributed by atoms with Crippen LogP contribution in [-0.4, -0.2) is 35.8 Å². The summed E-state index contributed by atoms with van der Waals surface area (Å²) in [6.45, 7) is 5.18. The predicted molar refractivity (Wildman–Crippen MR) is 86.8 cm³/mol. The van der Waals surface area contributed by atoms with Gasteiger partial charge in [-0.2, -0.15) is 0 Å². The highest BCUT2D eigenvalue weighted by Crippen LogP contribution is 2.33. The number of carboxylic acids is 1. The number of anilines is 1. The van der Waals surface area contributed by atoms with Crippen molar-refractivity contribution in [2.45, 2.75) is 33.4 Å². The Kier molecular flexibility index (Phi) is 4.20. The minimum absolute atomic E-state index is 0.290. The van der Waals surface area contributed by atoms with Gasteiger partial charge in [-0.1, -0.05) is 6.92 Å². The van der Waals surface area contributed by atoms with Crippen molar-refractivity contribution in [2.24, 2.45) is 0 Å². The summed E-state index contributed by atoms with van der Waals surface area (Å²) in [4.78, 5) is 20.7. The fraction of sp³-hybridized carbons (Fsp3) is 0.357. The Hall–Kier alpha value is -2.55. The molecule has 0 aliphatic rings. The van der Waals surface area contributed by atoms with Crippen LogP contribution >= 0.6 is 11.3 Å². The van der Waals surface area contributed by atoms with Gasteiger partial charge in [0.1, 0.15) is 28.2 Å². The van der Waals surface area contributed by atoms with E-state index in [0.29, 0.717) is 22.8 Å². The van der Waals surface area contributed by atoms with Crippen molar-refractivity contribution in [1.82, 2.24) is 24.7 Å². The first-order chi connectivity index (χ1) is 11.1. The molecule has 0 amide bonds. The summed E-state index contributed by atoms with van der Waals surface area (Å²) in [6.07, 6.45) is 4.13. The second-order valence-corrected chi connectivity index (χ2v) is 6.06. The topological polar surface area (TPSA) is 106 Å². The minimum Gasteiger partial charge on any atom is -0.477 e. The number of thiophene rings is 1. The highest BCUT2D eigenvalue weighted by molar-refractivity contribution is 7.20. The number of carbonyl (C=O) groups is 1. The average molecular weight is 332 g/mol. The molecule has 8 nitrogen and oxygen atoms in total. The van der Waals surface area contributed by atoms with Gasteiger partial charge in [-0.3, -0.25) is 0 Å². The molecule has 3 rings (SSSR count). The third-order valence-corrected chi connectivity index (χ3v) is 4.68. The van der Waals surface area contributed by atoms with Gasteiger partial charge in [0.05, 0.1) is 11.9 Å². The second-order valence-electron chi connectivity index (χ2n) is 5.06. The molecule has 0 bridgehead atoms. The fourth-order valence-electron chi connectivity index (χ4n) is 2.42. The van der Waals surface area contributed by atoms with Crippen LogP contribution in [0.1, 0.15) is 34.4 Å². The predicted octanol–water partition coefficient (Wildman–Crippen LogP) is 2.31. The Morgan fingerprint density at radius 1 is 1.43 bits per heavy atom. The monoisotopic (exact) mass is 332 g/mol. The number of carboxylic acid groups (broad SMARTS) is 1. The van der Waals surface area contributed by atoms with Gasteiger partial charge in [-0.25, -0.2) is 14.8 Å². The van der Waals surface area contributed by atoms with Crippen molar-refractivity contribution in [1.29, 1.82) is 0 Å². The normalized spacial score (nSPS) is 11.0. The van der Waals surface area contributed by atoms with E-state index in [1.54, 1.807) is 13.3 Å². The largest absolute Gasteiger partial charge is 0.477 e. The fourth-order valence-corrected chi connectivity index (χ4v) is 3.40. The molecule has 23 heavy (non-hydrogen) atoms. The van der Waals surface area contributed by atoms with Crippen LogP contribution in [0.25, 0.3) is 10.2 Å². The summed E-state index contributed by atoms with van der Waals surface area (Å²) < 4.78 is 1.98. The first-order valence-corrected chi connectivity index (χ1v) is 8.01. The number of hydrogen-bond donors (Lipinski definition) is 2. The number of hydrogen-bond acceptors (Lipinski definition) is 7. The molecule has 9 heteroatoms. The number of aromatic carboxylic acids is 1. The number of aromatic nitrogens is 5. The van der Waals surface area contributed by atoms with E-state index in [4.69, 9.17) is 0 Å². The molecular weight excluding hydrogens is 316 g/mol. The summed E-state index contributed by atoms with van der Waals surface area (Å²) in [5.74, 6) is 0.478. The van der Waals surface area contributed by atoms with E-state index in [2.05, 4.69) is 32.4 Å². The first kappa shape index (κ1) is 15.3. The molecule has 120 valence electrons. The molecule has 0 aromatic carbocycles. The smallest absolute Gasteiger partial charge is 0.346 e. The molecule has 0 aliphatic carbocycles. The quantitative estimate of drug-likeness (QED) is 0.713. The van der Waals surface area contributed by atoms with E-state index >= 15 is 0 Å². The van der Waals surface area contributed by atoms with E-state index in [9.17, 15) is 9.90 Å². The lowest BCUT2D eigenvalue weighted by Crippen LogP contribution is -2.09. The van der Waals surface area contributed by atoms with Gasteiger partial charge >= 0.3 is 5.97 Å². The van der Waals surface area contributed by atoms with Crippen LogP contribution in [-0.2, 0) is 13.1 Å². The van der Waals surface area contributed by atoms with Gasteiger partial charge in [0.2, 0.25) is 0 Å². The lowest BCUT2D eigenvalue weighted by Gasteiger charge is -2.08. The average Bonchev–Trinajstić information content (AvgIpc) is 3.11. The summed E-state index contributed by atoms with van der Waals surface area (Å²) in [7, 11) is 0. The molecule has 0 spiro atoms. The van der Waals surface area contributed by atoms with Crippen molar-refractivity contribution in [3.8, 4) is 0 Å². The Balaban J connectivity index is 1.91. The van der Waals surface area contributed by atoms with Crippen LogP contribution in [0, 0.1) is 6.92 Å². The summed E-state index contributed by atoms with van der Waals surface area (Å²) in [5.41, 5.74) is 0.677. The number of nitrogens with zero attached hydrogens (tertiary/aromatic N) is 5. The number of fused-ring (bicyclic) bond motifs is 1. The van der Waals surface area contributed by atoms with Crippen molar-refractivity contribution >= 4 is 33.3 Å². The molecule has 0 saturated heterocycles. The van der Waals surface area contributed by atoms with Crippen LogP contribution in [0.2, 0.25) is 0 Å². The van der Waals surface area contributed by atoms with E-state index < -0.39 is 5.97 Å². The molecule has 0 unspecified atom stereocenters. The zero-order valence-electron chi connectivity index (χ0n) is 12.8. The van der Waals surface area contributed by atoms with Crippen molar-refractivity contribution in [3.63, 3.8) is 0 Å². The van der Waals surface area contributed by atoms with Gasteiger partial charge in [0, 0.05) is 6.54 Å². The van der Waals surface area contributed by atoms with Gasteiger partial charge in [-0.15, -0.1) is 21.5 Å². The Morgan fingerprint density at radius 2 is 2.26 bits per heavy atom. The van der Waals surface area contributed by atoms with E-state index in [-0.39, 0.29) is 4.88 Å². The third-order valence-electron chi connectivity index (χ3n) is 3.50. The molecule has 3 aromatic heterocycles.